The number of benzene rings is 1. The van der Waals surface area contributed by atoms with Gasteiger partial charge in [0, 0.05) is 25.1 Å². The van der Waals surface area contributed by atoms with Crippen LogP contribution in [0.2, 0.25) is 0 Å². The Labute approximate surface area is 117 Å². The minimum Gasteiger partial charge on any atom is -0.493 e. The van der Waals surface area contributed by atoms with E-state index in [1.165, 1.54) is 0 Å². The lowest BCUT2D eigenvalue weighted by Crippen LogP contribution is -2.34. The molecule has 20 heavy (non-hydrogen) atoms. The van der Waals surface area contributed by atoms with Crippen molar-refractivity contribution in [2.45, 2.75) is 19.8 Å². The number of ether oxygens (including phenoxy) is 1. The normalized spacial score (nSPS) is 24.4. The highest BCUT2D eigenvalue weighted by Crippen LogP contribution is 2.32. The molecule has 2 heterocycles. The van der Waals surface area contributed by atoms with Gasteiger partial charge in [-0.3, -0.25) is 9.59 Å². The number of carbonyl (C=O) groups excluding carboxylic acids is 1. The maximum absolute atomic E-state index is 12.4. The smallest absolute Gasteiger partial charge is 0.311 e. The number of nitrogens with zero attached hydrogens (tertiary/aromatic N) is 1. The van der Waals surface area contributed by atoms with Crippen LogP contribution in [-0.4, -0.2) is 41.6 Å². The van der Waals surface area contributed by atoms with Gasteiger partial charge >= 0.3 is 5.97 Å². The highest BCUT2D eigenvalue weighted by Gasteiger charge is 2.42. The Morgan fingerprint density at radius 3 is 2.90 bits per heavy atom. The lowest BCUT2D eigenvalue weighted by atomic mass is 9.90. The van der Waals surface area contributed by atoms with E-state index >= 15 is 0 Å². The predicted molar refractivity (Wildman–Crippen MR) is 71.9 cm³/mol. The first-order valence-electron chi connectivity index (χ1n) is 6.78. The largest absolute Gasteiger partial charge is 0.493 e. The Morgan fingerprint density at radius 1 is 1.40 bits per heavy atom. The fourth-order valence-electron chi connectivity index (χ4n) is 2.81. The summed E-state index contributed by atoms with van der Waals surface area (Å²) >= 11 is 0. The van der Waals surface area contributed by atoms with E-state index in [0.29, 0.717) is 25.1 Å². The number of carboxylic acid groups (broad SMARTS) is 1. The molecule has 1 N–H and O–H groups in total. The molecule has 5 heteroatoms. The summed E-state index contributed by atoms with van der Waals surface area (Å²) in [5.41, 5.74) is 0.843. The number of carboxylic acids is 1. The Hall–Kier alpha value is -2.04. The highest BCUT2D eigenvalue weighted by atomic mass is 16.5. The molecule has 1 aromatic carbocycles. The predicted octanol–water partition coefficient (Wildman–Crippen LogP) is 1.56. The van der Waals surface area contributed by atoms with Crippen molar-refractivity contribution in [1.29, 1.82) is 0 Å². The number of amides is 1. The second-order valence-corrected chi connectivity index (χ2v) is 5.76. The molecular weight excluding hydrogens is 258 g/mol. The molecule has 5 nitrogen and oxygen atoms in total. The minimum atomic E-state index is -0.838. The molecule has 2 aliphatic heterocycles. The topological polar surface area (TPSA) is 66.8 Å². The second-order valence-electron chi connectivity index (χ2n) is 5.76. The molecule has 1 aromatic rings. The van der Waals surface area contributed by atoms with Gasteiger partial charge in [0.2, 0.25) is 0 Å². The number of carbonyl (C=O) groups is 2. The van der Waals surface area contributed by atoms with E-state index in [4.69, 9.17) is 4.74 Å². The molecular formula is C15H17NO4. The number of hydrogen-bond acceptors (Lipinski definition) is 3. The lowest BCUT2D eigenvalue weighted by molar-refractivity contribution is -0.147. The number of fused-ring (bicyclic) bond motifs is 1. The monoisotopic (exact) mass is 275 g/mol. The van der Waals surface area contributed by atoms with Crippen molar-refractivity contribution in [3.05, 3.63) is 29.3 Å². The van der Waals surface area contributed by atoms with Gasteiger partial charge in [0.25, 0.3) is 5.91 Å². The molecule has 106 valence electrons. The molecule has 0 aromatic heterocycles. The zero-order valence-electron chi connectivity index (χ0n) is 11.4. The van der Waals surface area contributed by atoms with Crippen LogP contribution in [0.1, 0.15) is 29.3 Å². The van der Waals surface area contributed by atoms with E-state index in [-0.39, 0.29) is 12.5 Å². The third-order valence-corrected chi connectivity index (χ3v) is 4.21. The minimum absolute atomic E-state index is 0.0929. The summed E-state index contributed by atoms with van der Waals surface area (Å²) in [5.74, 6) is -0.0850. The molecule has 1 fully saturated rings. The summed E-state index contributed by atoms with van der Waals surface area (Å²) in [6, 6.07) is 5.44. The molecule has 0 aliphatic carbocycles. The zero-order chi connectivity index (χ0) is 14.3. The van der Waals surface area contributed by atoms with E-state index in [0.717, 1.165) is 17.7 Å². The first-order valence-corrected chi connectivity index (χ1v) is 6.78. The van der Waals surface area contributed by atoms with E-state index in [1.807, 2.05) is 12.1 Å². The van der Waals surface area contributed by atoms with Crippen LogP contribution < -0.4 is 4.74 Å². The van der Waals surface area contributed by atoms with Crippen LogP contribution in [0, 0.1) is 5.41 Å². The summed E-state index contributed by atoms with van der Waals surface area (Å²) in [6.07, 6.45) is 1.32. The van der Waals surface area contributed by atoms with Gasteiger partial charge in [0.05, 0.1) is 12.0 Å². The zero-order valence-corrected chi connectivity index (χ0v) is 11.4. The highest BCUT2D eigenvalue weighted by molar-refractivity contribution is 5.95. The van der Waals surface area contributed by atoms with Gasteiger partial charge in [-0.25, -0.2) is 0 Å². The number of rotatable bonds is 2. The first kappa shape index (κ1) is 13.0. The summed E-state index contributed by atoms with van der Waals surface area (Å²) in [7, 11) is 0. The molecule has 0 saturated carbocycles. The van der Waals surface area contributed by atoms with Crippen LogP contribution in [0.15, 0.2) is 18.2 Å². The Kier molecular flexibility index (Phi) is 2.92. The summed E-state index contributed by atoms with van der Waals surface area (Å²) in [5, 5.41) is 9.21. The van der Waals surface area contributed by atoms with Gasteiger partial charge in [0.1, 0.15) is 5.75 Å². The van der Waals surface area contributed by atoms with Gasteiger partial charge in [0.15, 0.2) is 0 Å². The molecule has 0 spiro atoms. The van der Waals surface area contributed by atoms with E-state index < -0.39 is 11.4 Å². The van der Waals surface area contributed by atoms with Crippen LogP contribution in [0.4, 0.5) is 0 Å². The third-order valence-electron chi connectivity index (χ3n) is 4.21. The SMILES string of the molecule is CC1(C(=O)O)CCN(C(=O)c2ccc3c(c2)CCO3)C1. The van der Waals surface area contributed by atoms with Crippen molar-refractivity contribution in [3.63, 3.8) is 0 Å². The summed E-state index contributed by atoms with van der Waals surface area (Å²) in [4.78, 5) is 25.3. The molecule has 1 unspecified atom stereocenters. The van der Waals surface area contributed by atoms with Crippen molar-refractivity contribution in [1.82, 2.24) is 4.90 Å². The molecule has 2 aliphatic rings. The Bertz CT molecular complexity index is 583. The third kappa shape index (κ3) is 2.03. The van der Waals surface area contributed by atoms with Crippen molar-refractivity contribution in [2.24, 2.45) is 5.41 Å². The van der Waals surface area contributed by atoms with Gasteiger partial charge in [-0.05, 0) is 37.1 Å². The average molecular weight is 275 g/mol. The van der Waals surface area contributed by atoms with Crippen molar-refractivity contribution in [2.75, 3.05) is 19.7 Å². The average Bonchev–Trinajstić information content (AvgIpc) is 3.04. The molecule has 1 saturated heterocycles. The Morgan fingerprint density at radius 2 is 2.20 bits per heavy atom. The number of aliphatic carboxylic acids is 1. The second kappa shape index (κ2) is 4.51. The van der Waals surface area contributed by atoms with Crippen LogP contribution >= 0.6 is 0 Å². The molecule has 3 rings (SSSR count). The van der Waals surface area contributed by atoms with Crippen LogP contribution in [0.5, 0.6) is 5.75 Å². The van der Waals surface area contributed by atoms with Gasteiger partial charge in [-0.15, -0.1) is 0 Å². The standard InChI is InChI=1S/C15H17NO4/c1-15(14(18)19)5-6-16(9-15)13(17)11-2-3-12-10(8-11)4-7-20-12/h2-3,8H,4-7,9H2,1H3,(H,18,19). The fraction of sp³-hybridized carbons (Fsp3) is 0.467. The van der Waals surface area contributed by atoms with Crippen molar-refractivity contribution >= 4 is 11.9 Å². The van der Waals surface area contributed by atoms with Crippen LogP contribution in [0.25, 0.3) is 0 Å². The summed E-state index contributed by atoms with van der Waals surface area (Å²) in [6.45, 7) is 3.12. The number of likely N-dealkylation sites (tertiary alicyclic amines) is 1. The van der Waals surface area contributed by atoms with Gasteiger partial charge < -0.3 is 14.7 Å². The molecule has 1 atom stereocenters. The van der Waals surface area contributed by atoms with Gasteiger partial charge in [-0.1, -0.05) is 0 Å². The Balaban J connectivity index is 1.79. The van der Waals surface area contributed by atoms with Gasteiger partial charge in [-0.2, -0.15) is 0 Å². The fourth-order valence-corrected chi connectivity index (χ4v) is 2.81. The number of hydrogen-bond donors (Lipinski definition) is 1. The quantitative estimate of drug-likeness (QED) is 0.889. The summed E-state index contributed by atoms with van der Waals surface area (Å²) < 4.78 is 5.42. The van der Waals surface area contributed by atoms with Crippen LogP contribution in [-0.2, 0) is 11.2 Å². The van der Waals surface area contributed by atoms with Crippen LogP contribution in [0.3, 0.4) is 0 Å². The van der Waals surface area contributed by atoms with Crippen molar-refractivity contribution < 1.29 is 19.4 Å². The maximum Gasteiger partial charge on any atom is 0.311 e. The van der Waals surface area contributed by atoms with E-state index in [9.17, 15) is 14.7 Å². The molecule has 0 bridgehead atoms. The first-order chi connectivity index (χ1) is 9.49. The molecule has 1 amide bonds. The van der Waals surface area contributed by atoms with Crippen molar-refractivity contribution in [3.8, 4) is 5.75 Å². The lowest BCUT2D eigenvalue weighted by Gasteiger charge is -2.20. The maximum atomic E-state index is 12.4. The molecule has 0 radical (unpaired) electrons. The van der Waals surface area contributed by atoms with E-state index in [1.54, 1.807) is 17.9 Å². The van der Waals surface area contributed by atoms with E-state index in [2.05, 4.69) is 0 Å².